The number of pyridine rings is 1. The van der Waals surface area contributed by atoms with E-state index in [9.17, 15) is 4.79 Å². The minimum Gasteiger partial charge on any atom is -0.442 e. The Bertz CT molecular complexity index is 1300. The summed E-state index contributed by atoms with van der Waals surface area (Å²) in [5.74, 6) is 1.85. The molecule has 3 aliphatic rings. The second-order valence-electron chi connectivity index (χ2n) is 9.25. The summed E-state index contributed by atoms with van der Waals surface area (Å²) in [5, 5.41) is 12.0. The Morgan fingerprint density at radius 1 is 1.08 bits per heavy atom. The van der Waals surface area contributed by atoms with Crippen molar-refractivity contribution in [2.24, 2.45) is 5.16 Å². The highest BCUT2D eigenvalue weighted by Crippen LogP contribution is 2.30. The normalized spacial score (nSPS) is 22.1. The molecular weight excluding hydrogens is 497 g/mol. The highest BCUT2D eigenvalue weighted by atomic mass is 32.2. The van der Waals surface area contributed by atoms with E-state index in [0.717, 1.165) is 42.4 Å². The summed E-state index contributed by atoms with van der Waals surface area (Å²) in [6.07, 6.45) is 6.42. The lowest BCUT2D eigenvalue weighted by molar-refractivity contribution is 0.0553. The maximum atomic E-state index is 15.3. The van der Waals surface area contributed by atoms with Crippen LogP contribution in [-0.4, -0.2) is 86.6 Å². The van der Waals surface area contributed by atoms with Crippen molar-refractivity contribution in [3.63, 3.8) is 0 Å². The molecule has 2 saturated heterocycles. The number of halogens is 1. The first-order valence-corrected chi connectivity index (χ1v) is 13.4. The van der Waals surface area contributed by atoms with Crippen molar-refractivity contribution in [3.8, 4) is 11.1 Å². The Labute approximate surface area is 217 Å². The summed E-state index contributed by atoms with van der Waals surface area (Å²) in [5.41, 5.74) is 3.10. The third-order valence-electron chi connectivity index (χ3n) is 6.68. The van der Waals surface area contributed by atoms with E-state index >= 15 is 4.39 Å². The Morgan fingerprint density at radius 3 is 2.76 bits per heavy atom. The number of anilines is 1. The molecule has 2 aromatic heterocycles. The summed E-state index contributed by atoms with van der Waals surface area (Å²) >= 11 is 1.98. The highest BCUT2D eigenvalue weighted by molar-refractivity contribution is 7.99. The highest BCUT2D eigenvalue weighted by Gasteiger charge is 2.33. The lowest BCUT2D eigenvalue weighted by Gasteiger charge is -2.27. The fraction of sp³-hybridized carbons (Fsp3) is 0.400. The largest absolute Gasteiger partial charge is 0.442 e. The molecule has 192 valence electrons. The van der Waals surface area contributed by atoms with Gasteiger partial charge in [-0.2, -0.15) is 11.8 Å². The van der Waals surface area contributed by atoms with Gasteiger partial charge in [-0.05, 0) is 24.3 Å². The fourth-order valence-electron chi connectivity index (χ4n) is 4.79. The molecular formula is C25H26FN7O3S. The third-order valence-corrected chi connectivity index (χ3v) is 7.62. The molecule has 0 radical (unpaired) electrons. The summed E-state index contributed by atoms with van der Waals surface area (Å²) in [6, 6.07) is 6.61. The summed E-state index contributed by atoms with van der Waals surface area (Å²) in [6.45, 7) is 3.68. The topological polar surface area (TPSA) is 98.0 Å². The summed E-state index contributed by atoms with van der Waals surface area (Å²) < 4.78 is 22.3. The number of rotatable bonds is 7. The Hall–Kier alpha value is -3.51. The van der Waals surface area contributed by atoms with Gasteiger partial charge < -0.3 is 9.57 Å². The number of amides is 1. The minimum absolute atomic E-state index is 0.0198. The Balaban J connectivity index is 1.13. The van der Waals surface area contributed by atoms with E-state index in [4.69, 9.17) is 9.57 Å². The zero-order valence-electron chi connectivity index (χ0n) is 20.1. The van der Waals surface area contributed by atoms with Gasteiger partial charge >= 0.3 is 6.09 Å². The van der Waals surface area contributed by atoms with Crippen LogP contribution < -0.4 is 4.90 Å². The molecule has 0 saturated carbocycles. The molecule has 2 fully saturated rings. The number of carbonyl (C=O) groups excluding carboxylic acids is 1. The maximum Gasteiger partial charge on any atom is 0.414 e. The van der Waals surface area contributed by atoms with Crippen LogP contribution in [0.15, 0.2) is 54.2 Å². The second kappa shape index (κ2) is 10.5. The molecule has 3 aliphatic heterocycles. The first-order chi connectivity index (χ1) is 18.1. The number of ether oxygens (including phenoxy) is 1. The predicted octanol–water partition coefficient (Wildman–Crippen LogP) is 3.05. The van der Waals surface area contributed by atoms with E-state index in [1.807, 2.05) is 17.8 Å². The molecule has 0 bridgehead atoms. The van der Waals surface area contributed by atoms with Crippen LogP contribution in [0.1, 0.15) is 12.0 Å². The molecule has 2 atom stereocenters. The number of carbonyl (C=O) groups is 1. The average molecular weight is 524 g/mol. The van der Waals surface area contributed by atoms with E-state index < -0.39 is 18.0 Å². The van der Waals surface area contributed by atoms with Crippen LogP contribution in [0.4, 0.5) is 14.9 Å². The van der Waals surface area contributed by atoms with Crippen molar-refractivity contribution in [1.29, 1.82) is 0 Å². The molecule has 0 N–H and O–H groups in total. The number of hydrogen-bond donors (Lipinski definition) is 0. The van der Waals surface area contributed by atoms with Gasteiger partial charge in [0.1, 0.15) is 18.0 Å². The molecule has 12 heteroatoms. The van der Waals surface area contributed by atoms with Crippen LogP contribution in [0.2, 0.25) is 0 Å². The monoisotopic (exact) mass is 523 g/mol. The molecule has 5 heterocycles. The van der Waals surface area contributed by atoms with Gasteiger partial charge in [0.05, 0.1) is 30.7 Å². The van der Waals surface area contributed by atoms with E-state index in [1.54, 1.807) is 41.6 Å². The SMILES string of the molecule is O=C1O[C@H](Cn2ccnn2)CN1c1ccc(-c2cncc(C3=NOC(CN4CCSCC4)C3)c2)c(F)c1. The molecule has 3 aromatic rings. The van der Waals surface area contributed by atoms with Crippen LogP contribution in [0.3, 0.4) is 0 Å². The van der Waals surface area contributed by atoms with Crippen LogP contribution in [0, 0.1) is 5.82 Å². The molecule has 37 heavy (non-hydrogen) atoms. The van der Waals surface area contributed by atoms with E-state index in [1.165, 1.54) is 11.0 Å². The smallest absolute Gasteiger partial charge is 0.414 e. The molecule has 0 aliphatic carbocycles. The third kappa shape index (κ3) is 5.30. The number of aromatic nitrogens is 4. The van der Waals surface area contributed by atoms with Crippen molar-refractivity contribution in [2.75, 3.05) is 42.6 Å². The fourth-order valence-corrected chi connectivity index (χ4v) is 5.76. The number of benzene rings is 1. The number of cyclic esters (lactones) is 1. The van der Waals surface area contributed by atoms with Crippen LogP contribution >= 0.6 is 11.8 Å². The van der Waals surface area contributed by atoms with E-state index in [-0.39, 0.29) is 6.10 Å². The van der Waals surface area contributed by atoms with Crippen LogP contribution in [0.25, 0.3) is 11.1 Å². The summed E-state index contributed by atoms with van der Waals surface area (Å²) in [4.78, 5) is 26.3. The van der Waals surface area contributed by atoms with Gasteiger partial charge in [-0.25, -0.2) is 13.9 Å². The summed E-state index contributed by atoms with van der Waals surface area (Å²) in [7, 11) is 0. The predicted molar refractivity (Wildman–Crippen MR) is 137 cm³/mol. The number of nitrogens with zero attached hydrogens (tertiary/aromatic N) is 7. The quantitative estimate of drug-likeness (QED) is 0.466. The molecule has 10 nitrogen and oxygen atoms in total. The molecule has 1 amide bonds. The minimum atomic E-state index is -0.516. The first kappa shape index (κ1) is 23.9. The van der Waals surface area contributed by atoms with Crippen LogP contribution in [-0.2, 0) is 16.1 Å². The first-order valence-electron chi connectivity index (χ1n) is 12.2. The maximum absolute atomic E-state index is 15.3. The van der Waals surface area contributed by atoms with Gasteiger partial charge in [0.25, 0.3) is 0 Å². The Kier molecular flexibility index (Phi) is 6.75. The van der Waals surface area contributed by atoms with Crippen molar-refractivity contribution in [2.45, 2.75) is 25.2 Å². The number of thioether (sulfide) groups is 1. The van der Waals surface area contributed by atoms with Crippen molar-refractivity contribution in [1.82, 2.24) is 24.9 Å². The van der Waals surface area contributed by atoms with Crippen molar-refractivity contribution < 1.29 is 18.8 Å². The van der Waals surface area contributed by atoms with Gasteiger partial charge in [0.15, 0.2) is 0 Å². The number of oxime groups is 1. The van der Waals surface area contributed by atoms with E-state index in [2.05, 4.69) is 25.4 Å². The lowest BCUT2D eigenvalue weighted by atomic mass is 10.0. The Morgan fingerprint density at radius 2 is 1.95 bits per heavy atom. The zero-order chi connectivity index (χ0) is 25.2. The van der Waals surface area contributed by atoms with Gasteiger partial charge in [0, 0.05) is 72.8 Å². The van der Waals surface area contributed by atoms with Crippen LogP contribution in [0.5, 0.6) is 0 Å². The standard InChI is InChI=1S/C25H26FN7O3S/c26-23-10-19(33-16-21(35-25(33)34)15-32-4-3-28-30-32)1-2-22(23)17-9-18(13-27-12-17)24-11-20(36-29-24)14-31-5-7-37-8-6-31/h1-4,9-10,12-13,20-21H,5-8,11,14-16H2/t20?,21-/m1/s1. The lowest BCUT2D eigenvalue weighted by Crippen LogP contribution is -2.38. The zero-order valence-corrected chi connectivity index (χ0v) is 20.9. The molecule has 1 unspecified atom stereocenters. The second-order valence-corrected chi connectivity index (χ2v) is 10.5. The van der Waals surface area contributed by atoms with Gasteiger partial charge in [-0.1, -0.05) is 10.4 Å². The molecule has 0 spiro atoms. The molecule has 6 rings (SSSR count). The number of hydrogen-bond acceptors (Lipinski definition) is 9. The molecule has 1 aromatic carbocycles. The van der Waals surface area contributed by atoms with E-state index in [0.29, 0.717) is 36.3 Å². The van der Waals surface area contributed by atoms with Crippen molar-refractivity contribution >= 4 is 29.3 Å². The van der Waals surface area contributed by atoms with Crippen molar-refractivity contribution in [3.05, 3.63) is 60.4 Å². The van der Waals surface area contributed by atoms with Gasteiger partial charge in [0.2, 0.25) is 0 Å². The van der Waals surface area contributed by atoms with Gasteiger partial charge in [-0.3, -0.25) is 14.8 Å². The van der Waals surface area contributed by atoms with Gasteiger partial charge in [-0.15, -0.1) is 5.10 Å². The average Bonchev–Trinajstić information content (AvgIpc) is 3.67.